The van der Waals surface area contributed by atoms with Crippen LogP contribution in [0.25, 0.3) is 0 Å². The minimum absolute atomic E-state index is 0.221. The lowest BCUT2D eigenvalue weighted by atomic mass is 10.3. The van der Waals surface area contributed by atoms with Crippen LogP contribution in [0.3, 0.4) is 0 Å². The maximum absolute atomic E-state index is 11.1. The lowest BCUT2D eigenvalue weighted by molar-refractivity contribution is -0.115. The second kappa shape index (κ2) is 4.85. The summed E-state index contributed by atoms with van der Waals surface area (Å²) in [7, 11) is 0. The molecule has 0 aliphatic carbocycles. The van der Waals surface area contributed by atoms with E-state index in [0.29, 0.717) is 15.7 Å². The summed E-state index contributed by atoms with van der Waals surface area (Å²) in [5.41, 5.74) is 0.344. The van der Waals surface area contributed by atoms with Crippen LogP contribution in [0.5, 0.6) is 0 Å². The van der Waals surface area contributed by atoms with Gasteiger partial charge in [0.1, 0.15) is 6.42 Å². The van der Waals surface area contributed by atoms with Gasteiger partial charge in [-0.15, -0.1) is 0 Å². The van der Waals surface area contributed by atoms with Crippen molar-refractivity contribution in [3.63, 3.8) is 0 Å². The summed E-state index contributed by atoms with van der Waals surface area (Å²) in [5, 5.41) is 11.4. The summed E-state index contributed by atoms with van der Waals surface area (Å²) in [6.07, 6.45) is -0.221. The summed E-state index contributed by atoms with van der Waals surface area (Å²) in [6, 6.07) is 6.61. The highest BCUT2D eigenvalue weighted by Crippen LogP contribution is 2.29. The standard InChI is InChI=1S/C9H6Cl2N2O/c10-6-2-1-3-7(11)9(6)13-8(14)4-5-12/h1-3H,4H2,(H,13,14). The number of amides is 1. The second-order valence-electron chi connectivity index (χ2n) is 2.48. The third-order valence-corrected chi connectivity index (χ3v) is 2.10. The van der Waals surface area contributed by atoms with Crippen molar-refractivity contribution in [3.8, 4) is 6.07 Å². The summed E-state index contributed by atoms with van der Waals surface area (Å²) in [6.45, 7) is 0. The molecule has 0 radical (unpaired) electrons. The van der Waals surface area contributed by atoms with E-state index in [-0.39, 0.29) is 6.42 Å². The molecule has 0 atom stereocenters. The number of rotatable bonds is 2. The van der Waals surface area contributed by atoms with Crippen LogP contribution in [-0.2, 0) is 4.79 Å². The largest absolute Gasteiger partial charge is 0.323 e. The van der Waals surface area contributed by atoms with Gasteiger partial charge in [0, 0.05) is 0 Å². The Hall–Kier alpha value is -1.24. The van der Waals surface area contributed by atoms with Crippen LogP contribution in [0.1, 0.15) is 6.42 Å². The molecule has 0 heterocycles. The molecule has 14 heavy (non-hydrogen) atoms. The molecule has 1 aromatic carbocycles. The third kappa shape index (κ3) is 2.63. The molecule has 0 saturated heterocycles. The Bertz CT molecular complexity index is 378. The zero-order valence-electron chi connectivity index (χ0n) is 7.05. The number of hydrogen-bond donors (Lipinski definition) is 1. The van der Waals surface area contributed by atoms with Gasteiger partial charge in [0.15, 0.2) is 0 Å². The molecule has 1 N–H and O–H groups in total. The van der Waals surface area contributed by atoms with Crippen molar-refractivity contribution in [3.05, 3.63) is 28.2 Å². The van der Waals surface area contributed by atoms with Gasteiger partial charge < -0.3 is 5.32 Å². The first-order valence-corrected chi connectivity index (χ1v) is 4.51. The highest BCUT2D eigenvalue weighted by Gasteiger charge is 2.08. The summed E-state index contributed by atoms with van der Waals surface area (Å²) >= 11 is 11.6. The van der Waals surface area contributed by atoms with E-state index in [9.17, 15) is 4.79 Å². The molecule has 0 aliphatic rings. The van der Waals surface area contributed by atoms with Gasteiger partial charge in [-0.1, -0.05) is 29.3 Å². The van der Waals surface area contributed by atoms with E-state index in [2.05, 4.69) is 5.32 Å². The lowest BCUT2D eigenvalue weighted by Crippen LogP contribution is -2.10. The fraction of sp³-hybridized carbons (Fsp3) is 0.111. The number of para-hydroxylation sites is 1. The molecule has 72 valence electrons. The molecule has 1 amide bonds. The van der Waals surface area contributed by atoms with Gasteiger partial charge >= 0.3 is 0 Å². The van der Waals surface area contributed by atoms with Crippen molar-refractivity contribution in [2.45, 2.75) is 6.42 Å². The van der Waals surface area contributed by atoms with E-state index in [4.69, 9.17) is 28.5 Å². The number of nitrogens with one attached hydrogen (secondary N) is 1. The van der Waals surface area contributed by atoms with Gasteiger partial charge in [0.25, 0.3) is 0 Å². The van der Waals surface area contributed by atoms with Crippen LogP contribution < -0.4 is 5.32 Å². The number of benzene rings is 1. The molecular formula is C9H6Cl2N2O. The first-order valence-electron chi connectivity index (χ1n) is 3.76. The van der Waals surface area contributed by atoms with Gasteiger partial charge in [-0.05, 0) is 12.1 Å². The smallest absolute Gasteiger partial charge is 0.238 e. The third-order valence-electron chi connectivity index (χ3n) is 1.47. The highest BCUT2D eigenvalue weighted by atomic mass is 35.5. The van der Waals surface area contributed by atoms with E-state index >= 15 is 0 Å². The van der Waals surface area contributed by atoms with Crippen LogP contribution in [0.15, 0.2) is 18.2 Å². The van der Waals surface area contributed by atoms with Crippen LogP contribution in [0.4, 0.5) is 5.69 Å². The average Bonchev–Trinajstić information content (AvgIpc) is 2.12. The van der Waals surface area contributed by atoms with E-state index < -0.39 is 5.91 Å². The maximum Gasteiger partial charge on any atom is 0.238 e. The Morgan fingerprint density at radius 1 is 1.43 bits per heavy atom. The monoisotopic (exact) mass is 228 g/mol. The first kappa shape index (κ1) is 10.8. The number of halogens is 2. The minimum atomic E-state index is -0.428. The first-order chi connectivity index (χ1) is 6.65. The molecule has 0 spiro atoms. The molecule has 1 aromatic rings. The fourth-order valence-electron chi connectivity index (χ4n) is 0.873. The van der Waals surface area contributed by atoms with Crippen molar-refractivity contribution in [2.24, 2.45) is 0 Å². The Morgan fingerprint density at radius 2 is 2.00 bits per heavy atom. The Morgan fingerprint density at radius 3 is 2.50 bits per heavy atom. The van der Waals surface area contributed by atoms with Gasteiger partial charge in [-0.3, -0.25) is 4.79 Å². The minimum Gasteiger partial charge on any atom is -0.323 e. The predicted molar refractivity (Wildman–Crippen MR) is 55.3 cm³/mol. The molecule has 0 fully saturated rings. The second-order valence-corrected chi connectivity index (χ2v) is 3.29. The SMILES string of the molecule is N#CCC(=O)Nc1c(Cl)cccc1Cl. The molecule has 0 saturated carbocycles. The zero-order chi connectivity index (χ0) is 10.6. The van der Waals surface area contributed by atoms with Crippen LogP contribution in [0.2, 0.25) is 10.0 Å². The predicted octanol–water partition coefficient (Wildman–Crippen LogP) is 2.85. The van der Waals surface area contributed by atoms with Crippen LogP contribution >= 0.6 is 23.2 Å². The Kier molecular flexibility index (Phi) is 3.75. The van der Waals surface area contributed by atoms with E-state index in [1.165, 1.54) is 0 Å². The summed E-state index contributed by atoms with van der Waals surface area (Å²) in [5.74, 6) is -0.428. The van der Waals surface area contributed by atoms with Crippen LogP contribution in [0, 0.1) is 11.3 Å². The molecule has 5 heteroatoms. The number of carbonyl (C=O) groups excluding carboxylic acids is 1. The maximum atomic E-state index is 11.1. The van der Waals surface area contributed by atoms with E-state index in [1.54, 1.807) is 24.3 Å². The number of nitrogens with zero attached hydrogens (tertiary/aromatic N) is 1. The van der Waals surface area contributed by atoms with Crippen LogP contribution in [-0.4, -0.2) is 5.91 Å². The van der Waals surface area contributed by atoms with Gasteiger partial charge in [0.05, 0.1) is 21.8 Å². The molecular weight excluding hydrogens is 223 g/mol. The molecule has 1 rings (SSSR count). The van der Waals surface area contributed by atoms with E-state index in [0.717, 1.165) is 0 Å². The molecule has 0 unspecified atom stereocenters. The van der Waals surface area contributed by atoms with Crippen molar-refractivity contribution in [1.82, 2.24) is 0 Å². The van der Waals surface area contributed by atoms with Crippen molar-refractivity contribution < 1.29 is 4.79 Å². The van der Waals surface area contributed by atoms with Gasteiger partial charge in [0.2, 0.25) is 5.91 Å². The molecule has 0 aromatic heterocycles. The fourth-order valence-corrected chi connectivity index (χ4v) is 1.36. The molecule has 0 aliphatic heterocycles. The van der Waals surface area contributed by atoms with Gasteiger partial charge in [-0.2, -0.15) is 5.26 Å². The number of anilines is 1. The van der Waals surface area contributed by atoms with Crippen molar-refractivity contribution in [1.29, 1.82) is 5.26 Å². The zero-order valence-corrected chi connectivity index (χ0v) is 8.56. The quantitative estimate of drug-likeness (QED) is 0.847. The summed E-state index contributed by atoms with van der Waals surface area (Å²) in [4.78, 5) is 11.1. The molecule has 0 bridgehead atoms. The molecule has 3 nitrogen and oxygen atoms in total. The number of carbonyl (C=O) groups is 1. The lowest BCUT2D eigenvalue weighted by Gasteiger charge is -2.06. The topological polar surface area (TPSA) is 52.9 Å². The highest BCUT2D eigenvalue weighted by molar-refractivity contribution is 6.39. The Labute approximate surface area is 91.2 Å². The van der Waals surface area contributed by atoms with Crippen molar-refractivity contribution in [2.75, 3.05) is 5.32 Å². The Balaban J connectivity index is 2.87. The summed E-state index contributed by atoms with van der Waals surface area (Å²) < 4.78 is 0. The number of nitriles is 1. The van der Waals surface area contributed by atoms with Gasteiger partial charge in [-0.25, -0.2) is 0 Å². The number of hydrogen-bond acceptors (Lipinski definition) is 2. The van der Waals surface area contributed by atoms with Crippen molar-refractivity contribution >= 4 is 34.8 Å². The average molecular weight is 229 g/mol. The normalized spacial score (nSPS) is 9.21. The van der Waals surface area contributed by atoms with E-state index in [1.807, 2.05) is 0 Å².